The molecule has 1 aliphatic rings. The Morgan fingerprint density at radius 3 is 2.62 bits per heavy atom. The summed E-state index contributed by atoms with van der Waals surface area (Å²) in [6, 6.07) is 12.8. The number of ether oxygens (including phenoxy) is 1. The van der Waals surface area contributed by atoms with E-state index in [-0.39, 0.29) is 18.0 Å². The zero-order valence-electron chi connectivity index (χ0n) is 19.0. The average Bonchev–Trinajstić information content (AvgIpc) is 3.21. The Balaban J connectivity index is 1.70. The minimum atomic E-state index is -0.444. The van der Waals surface area contributed by atoms with E-state index in [1.165, 1.54) is 9.13 Å². The molecule has 3 heterocycles. The number of benzene rings is 2. The Labute approximate surface area is 205 Å². The van der Waals surface area contributed by atoms with Gasteiger partial charge in [0.05, 0.1) is 23.7 Å². The molecule has 0 radical (unpaired) electrons. The van der Waals surface area contributed by atoms with E-state index < -0.39 is 5.69 Å². The number of anilines is 2. The largest absolute Gasteiger partial charge is 0.497 e. The lowest BCUT2D eigenvalue weighted by molar-refractivity contribution is 0.414. The smallest absolute Gasteiger partial charge is 0.332 e. The van der Waals surface area contributed by atoms with Crippen LogP contribution in [0.15, 0.2) is 52.1 Å². The molecular weight excluding hydrogens is 477 g/mol. The number of rotatable bonds is 4. The Kier molecular flexibility index (Phi) is 5.65. The van der Waals surface area contributed by atoms with E-state index in [2.05, 4.69) is 11.8 Å². The maximum atomic E-state index is 13.6. The normalized spacial score (nSPS) is 15.6. The predicted molar refractivity (Wildman–Crippen MR) is 134 cm³/mol. The van der Waals surface area contributed by atoms with E-state index in [4.69, 9.17) is 32.9 Å². The van der Waals surface area contributed by atoms with Crippen LogP contribution in [0.5, 0.6) is 5.75 Å². The summed E-state index contributed by atoms with van der Waals surface area (Å²) >= 11 is 12.2. The zero-order chi connectivity index (χ0) is 24.1. The summed E-state index contributed by atoms with van der Waals surface area (Å²) in [5, 5.41) is 0.784. The topological polar surface area (TPSA) is 74.3 Å². The fourth-order valence-electron chi connectivity index (χ4n) is 4.46. The molecule has 34 heavy (non-hydrogen) atoms. The van der Waals surface area contributed by atoms with Crippen molar-refractivity contribution in [3.05, 3.63) is 78.9 Å². The number of aryl methyl sites for hydroxylation is 1. The maximum absolute atomic E-state index is 13.6. The van der Waals surface area contributed by atoms with Crippen molar-refractivity contribution >= 4 is 46.0 Å². The second-order valence-corrected chi connectivity index (χ2v) is 9.41. The van der Waals surface area contributed by atoms with Crippen LogP contribution in [0.4, 0.5) is 11.6 Å². The van der Waals surface area contributed by atoms with E-state index >= 15 is 0 Å². The SMILES string of the molecule is COc1cccc(N2C[C@H](C)Cn3c2nc2c3c(=O)n(Cc3ccc(Cl)c(Cl)c3)c(=O)n2C)c1. The quantitative estimate of drug-likeness (QED) is 0.423. The van der Waals surface area contributed by atoms with Crippen LogP contribution in [0.25, 0.3) is 11.2 Å². The van der Waals surface area contributed by atoms with E-state index in [1.807, 2.05) is 28.8 Å². The third-order valence-corrected chi connectivity index (χ3v) is 6.87. The highest BCUT2D eigenvalue weighted by atomic mass is 35.5. The van der Waals surface area contributed by atoms with E-state index in [9.17, 15) is 9.59 Å². The van der Waals surface area contributed by atoms with Crippen molar-refractivity contribution in [2.75, 3.05) is 18.6 Å². The van der Waals surface area contributed by atoms with Crippen molar-refractivity contribution in [3.63, 3.8) is 0 Å². The van der Waals surface area contributed by atoms with Crippen molar-refractivity contribution in [1.82, 2.24) is 18.7 Å². The number of nitrogens with zero attached hydrogens (tertiary/aromatic N) is 5. The number of methoxy groups -OCH3 is 1. The molecule has 0 saturated heterocycles. The summed E-state index contributed by atoms with van der Waals surface area (Å²) in [6.45, 7) is 3.54. The van der Waals surface area contributed by atoms with Crippen molar-refractivity contribution in [3.8, 4) is 5.75 Å². The van der Waals surface area contributed by atoms with E-state index in [0.29, 0.717) is 39.3 Å². The third-order valence-electron chi connectivity index (χ3n) is 6.13. The zero-order valence-corrected chi connectivity index (χ0v) is 20.5. The van der Waals surface area contributed by atoms with Crippen molar-refractivity contribution in [2.24, 2.45) is 13.0 Å². The van der Waals surface area contributed by atoms with Gasteiger partial charge in [-0.3, -0.25) is 13.9 Å². The Morgan fingerprint density at radius 1 is 1.09 bits per heavy atom. The van der Waals surface area contributed by atoms with Crippen LogP contribution in [-0.4, -0.2) is 32.3 Å². The Bertz CT molecular complexity index is 1540. The molecule has 0 aliphatic carbocycles. The standard InChI is InChI=1S/C24H23Cl2N5O3/c1-14-11-29(16-5-4-6-17(10-16)34-3)23-27-21-20(30(23)12-14)22(32)31(24(33)28(21)2)13-15-7-8-18(25)19(26)9-15/h4-10,14H,11-13H2,1-3H3/t14-/m0/s1. The van der Waals surface area contributed by atoms with Crippen molar-refractivity contribution in [2.45, 2.75) is 20.0 Å². The Morgan fingerprint density at radius 2 is 1.88 bits per heavy atom. The first kappa shape index (κ1) is 22.6. The van der Waals surface area contributed by atoms with Crippen LogP contribution >= 0.6 is 23.2 Å². The highest BCUT2D eigenvalue weighted by Gasteiger charge is 2.30. The van der Waals surface area contributed by atoms with Gasteiger partial charge in [0.2, 0.25) is 5.95 Å². The first-order chi connectivity index (χ1) is 16.3. The molecule has 1 aliphatic heterocycles. The number of hydrogen-bond donors (Lipinski definition) is 0. The molecule has 2 aromatic carbocycles. The summed E-state index contributed by atoms with van der Waals surface area (Å²) in [5.41, 5.74) is 1.54. The molecule has 0 amide bonds. The number of fused-ring (bicyclic) bond motifs is 3. The van der Waals surface area contributed by atoms with Crippen LogP contribution < -0.4 is 20.9 Å². The summed E-state index contributed by atoms with van der Waals surface area (Å²) in [6.07, 6.45) is 0. The van der Waals surface area contributed by atoms with Gasteiger partial charge in [0.15, 0.2) is 11.2 Å². The molecule has 4 aromatic rings. The number of hydrogen-bond acceptors (Lipinski definition) is 5. The van der Waals surface area contributed by atoms with Gasteiger partial charge in [-0.25, -0.2) is 4.79 Å². The van der Waals surface area contributed by atoms with E-state index in [0.717, 1.165) is 18.0 Å². The molecule has 0 unspecified atom stereocenters. The summed E-state index contributed by atoms with van der Waals surface area (Å²) in [4.78, 5) is 33.6. The minimum absolute atomic E-state index is 0.0774. The van der Waals surface area contributed by atoms with Gasteiger partial charge in [-0.05, 0) is 35.7 Å². The van der Waals surface area contributed by atoms with Crippen LogP contribution in [0.2, 0.25) is 10.0 Å². The van der Waals surface area contributed by atoms with Gasteiger partial charge in [-0.2, -0.15) is 4.98 Å². The highest BCUT2D eigenvalue weighted by molar-refractivity contribution is 6.42. The molecule has 0 fully saturated rings. The van der Waals surface area contributed by atoms with Gasteiger partial charge in [0, 0.05) is 31.9 Å². The molecule has 2 aromatic heterocycles. The lowest BCUT2D eigenvalue weighted by Crippen LogP contribution is -2.40. The highest BCUT2D eigenvalue weighted by Crippen LogP contribution is 2.34. The van der Waals surface area contributed by atoms with Crippen molar-refractivity contribution in [1.29, 1.82) is 0 Å². The molecule has 8 nitrogen and oxygen atoms in total. The second-order valence-electron chi connectivity index (χ2n) is 8.59. The molecule has 0 saturated carbocycles. The summed E-state index contributed by atoms with van der Waals surface area (Å²) in [5.74, 6) is 1.60. The number of aromatic nitrogens is 4. The lowest BCUT2D eigenvalue weighted by atomic mass is 10.1. The monoisotopic (exact) mass is 499 g/mol. The van der Waals surface area contributed by atoms with Crippen LogP contribution in [0.3, 0.4) is 0 Å². The molecule has 1 atom stereocenters. The summed E-state index contributed by atoms with van der Waals surface area (Å²) in [7, 11) is 3.26. The van der Waals surface area contributed by atoms with Gasteiger partial charge in [-0.1, -0.05) is 42.3 Å². The van der Waals surface area contributed by atoms with Gasteiger partial charge in [0.1, 0.15) is 5.75 Å². The molecule has 0 N–H and O–H groups in total. The third kappa shape index (κ3) is 3.67. The minimum Gasteiger partial charge on any atom is -0.497 e. The predicted octanol–water partition coefficient (Wildman–Crippen LogP) is 4.05. The van der Waals surface area contributed by atoms with Gasteiger partial charge >= 0.3 is 5.69 Å². The maximum Gasteiger partial charge on any atom is 0.332 e. The Hall–Kier alpha value is -3.23. The van der Waals surface area contributed by atoms with Crippen molar-refractivity contribution < 1.29 is 4.74 Å². The van der Waals surface area contributed by atoms with Crippen LogP contribution in [0, 0.1) is 5.92 Å². The summed E-state index contributed by atoms with van der Waals surface area (Å²) < 4.78 is 9.94. The molecule has 0 spiro atoms. The van der Waals surface area contributed by atoms with E-state index in [1.54, 1.807) is 32.4 Å². The average molecular weight is 500 g/mol. The van der Waals surface area contributed by atoms with Gasteiger partial charge in [0.25, 0.3) is 5.56 Å². The van der Waals surface area contributed by atoms with Gasteiger partial charge in [-0.15, -0.1) is 0 Å². The first-order valence-corrected chi connectivity index (χ1v) is 11.6. The molecule has 5 rings (SSSR count). The van der Waals surface area contributed by atoms with Gasteiger partial charge < -0.3 is 14.2 Å². The fraction of sp³-hybridized carbons (Fsp3) is 0.292. The molecule has 10 heteroatoms. The lowest BCUT2D eigenvalue weighted by Gasteiger charge is -2.33. The molecular formula is C24H23Cl2N5O3. The number of halogens is 2. The fourth-order valence-corrected chi connectivity index (χ4v) is 4.78. The van der Waals surface area contributed by atoms with Crippen LogP contribution in [-0.2, 0) is 20.1 Å². The first-order valence-electron chi connectivity index (χ1n) is 10.8. The molecule has 0 bridgehead atoms. The molecule has 176 valence electrons. The van der Waals surface area contributed by atoms with Crippen LogP contribution in [0.1, 0.15) is 12.5 Å². The second kappa shape index (κ2) is 8.52. The number of imidazole rings is 1.